The maximum atomic E-state index is 11.5. The number of aliphatic imine (C=N–C) groups is 1. The number of alkyl halides is 3. The van der Waals surface area contributed by atoms with Gasteiger partial charge in [0.25, 0.3) is 0 Å². The lowest BCUT2D eigenvalue weighted by molar-refractivity contribution is -0.207. The monoisotopic (exact) mass is 139 g/mol. The molecular weight excluding hydrogens is 135 g/mol. The molecule has 0 fully saturated rings. The Morgan fingerprint density at radius 1 is 1.56 bits per heavy atom. The van der Waals surface area contributed by atoms with Gasteiger partial charge in [-0.2, -0.15) is 13.2 Å². The van der Waals surface area contributed by atoms with Crippen LogP contribution in [0, 0.1) is 0 Å². The van der Waals surface area contributed by atoms with Crippen LogP contribution in [0.3, 0.4) is 0 Å². The zero-order chi connectivity index (χ0) is 6.91. The molecule has 1 aliphatic rings. The number of nitrogens with zero attached hydrogens (tertiary/aromatic N) is 1. The Bertz CT molecular complexity index is 130. The summed E-state index contributed by atoms with van der Waals surface area (Å²) >= 11 is 0. The van der Waals surface area contributed by atoms with E-state index in [1.165, 1.54) is 0 Å². The molecule has 0 aromatic rings. The predicted octanol–water partition coefficient (Wildman–Crippen LogP) is 0.976. The molecule has 0 aromatic carbocycles. The van der Waals surface area contributed by atoms with Gasteiger partial charge in [0.1, 0.15) is 0 Å². The van der Waals surface area contributed by atoms with Crippen LogP contribution in [0.25, 0.3) is 0 Å². The third kappa shape index (κ3) is 1.41. The summed E-state index contributed by atoms with van der Waals surface area (Å²) in [5, 5.41) is 0. The van der Waals surface area contributed by atoms with E-state index in [1.54, 1.807) is 0 Å². The number of hydrogen-bond acceptors (Lipinski definition) is 2. The van der Waals surface area contributed by atoms with Crippen molar-refractivity contribution in [3.63, 3.8) is 0 Å². The van der Waals surface area contributed by atoms with Gasteiger partial charge in [0, 0.05) is 6.21 Å². The molecule has 1 rings (SSSR count). The summed E-state index contributed by atoms with van der Waals surface area (Å²) in [5.74, 6) is 0. The lowest BCUT2D eigenvalue weighted by Crippen LogP contribution is -2.26. The molecule has 0 radical (unpaired) electrons. The first-order chi connectivity index (χ1) is 4.11. The second kappa shape index (κ2) is 1.98. The summed E-state index contributed by atoms with van der Waals surface area (Å²) < 4.78 is 38.7. The SMILES string of the molecule is FC(F)(F)C1N=CCO1. The van der Waals surface area contributed by atoms with Crippen LogP contribution >= 0.6 is 0 Å². The third-order valence-electron chi connectivity index (χ3n) is 0.849. The zero-order valence-electron chi connectivity index (χ0n) is 4.35. The molecule has 0 amide bonds. The first kappa shape index (κ1) is 6.54. The van der Waals surface area contributed by atoms with Gasteiger partial charge in [-0.25, -0.2) is 0 Å². The Labute approximate surface area is 49.3 Å². The predicted molar refractivity (Wildman–Crippen MR) is 24.3 cm³/mol. The minimum absolute atomic E-state index is 0.0375. The Hall–Kier alpha value is -0.580. The summed E-state index contributed by atoms with van der Waals surface area (Å²) in [6.07, 6.45) is -5.15. The third-order valence-corrected chi connectivity index (χ3v) is 0.849. The van der Waals surface area contributed by atoms with E-state index in [1.807, 2.05) is 0 Å². The van der Waals surface area contributed by atoms with E-state index in [2.05, 4.69) is 9.73 Å². The second-order valence-electron chi connectivity index (χ2n) is 1.56. The summed E-state index contributed by atoms with van der Waals surface area (Å²) in [6, 6.07) is 0. The molecule has 0 saturated carbocycles. The van der Waals surface area contributed by atoms with Crippen molar-refractivity contribution in [2.45, 2.75) is 12.4 Å². The first-order valence-electron chi connectivity index (χ1n) is 2.30. The molecule has 0 N–H and O–H groups in total. The van der Waals surface area contributed by atoms with Gasteiger partial charge in [0.2, 0.25) is 6.23 Å². The normalized spacial score (nSPS) is 27.2. The lowest BCUT2D eigenvalue weighted by Gasteiger charge is -2.09. The number of rotatable bonds is 0. The van der Waals surface area contributed by atoms with Crippen molar-refractivity contribution in [1.82, 2.24) is 0 Å². The molecule has 1 heterocycles. The lowest BCUT2D eigenvalue weighted by atomic mass is 10.6. The van der Waals surface area contributed by atoms with E-state index in [9.17, 15) is 13.2 Å². The van der Waals surface area contributed by atoms with Gasteiger partial charge in [0.15, 0.2) is 0 Å². The van der Waals surface area contributed by atoms with Crippen molar-refractivity contribution in [3.05, 3.63) is 0 Å². The van der Waals surface area contributed by atoms with Gasteiger partial charge in [-0.1, -0.05) is 0 Å². The number of halogens is 3. The number of hydrogen-bond donors (Lipinski definition) is 0. The van der Waals surface area contributed by atoms with Gasteiger partial charge < -0.3 is 4.74 Å². The largest absolute Gasteiger partial charge is 0.435 e. The van der Waals surface area contributed by atoms with Crippen LogP contribution in [0.15, 0.2) is 4.99 Å². The summed E-state index contributed by atoms with van der Waals surface area (Å²) in [4.78, 5) is 3.03. The van der Waals surface area contributed by atoms with Crippen molar-refractivity contribution in [2.24, 2.45) is 4.99 Å². The summed E-state index contributed by atoms with van der Waals surface area (Å²) in [7, 11) is 0. The van der Waals surface area contributed by atoms with Crippen molar-refractivity contribution < 1.29 is 17.9 Å². The first-order valence-corrected chi connectivity index (χ1v) is 2.30. The molecule has 1 unspecified atom stereocenters. The van der Waals surface area contributed by atoms with Crippen LogP contribution in [-0.2, 0) is 4.74 Å². The van der Waals surface area contributed by atoms with Crippen LogP contribution in [0.5, 0.6) is 0 Å². The fourth-order valence-electron chi connectivity index (χ4n) is 0.495. The molecular formula is C4H4F3NO. The molecule has 1 aliphatic heterocycles. The van der Waals surface area contributed by atoms with Crippen molar-refractivity contribution in [1.29, 1.82) is 0 Å². The highest BCUT2D eigenvalue weighted by Crippen LogP contribution is 2.24. The highest BCUT2D eigenvalue weighted by Gasteiger charge is 2.41. The van der Waals surface area contributed by atoms with Gasteiger partial charge in [-0.05, 0) is 0 Å². The molecule has 0 spiro atoms. The highest BCUT2D eigenvalue weighted by molar-refractivity contribution is 5.60. The van der Waals surface area contributed by atoms with Crippen LogP contribution < -0.4 is 0 Å². The van der Waals surface area contributed by atoms with Crippen LogP contribution in [0.4, 0.5) is 13.2 Å². The van der Waals surface area contributed by atoms with Crippen LogP contribution in [0.1, 0.15) is 0 Å². The minimum atomic E-state index is -4.34. The van der Waals surface area contributed by atoms with Gasteiger partial charge in [0.05, 0.1) is 6.61 Å². The maximum absolute atomic E-state index is 11.5. The average Bonchev–Trinajstić information content (AvgIpc) is 2.08. The minimum Gasteiger partial charge on any atom is -0.343 e. The Morgan fingerprint density at radius 3 is 2.44 bits per heavy atom. The molecule has 0 saturated heterocycles. The fraction of sp³-hybridized carbons (Fsp3) is 0.750. The molecule has 1 atom stereocenters. The van der Waals surface area contributed by atoms with Gasteiger partial charge in [-0.3, -0.25) is 4.99 Å². The van der Waals surface area contributed by atoms with E-state index in [-0.39, 0.29) is 6.61 Å². The number of ether oxygens (including phenoxy) is 1. The quantitative estimate of drug-likeness (QED) is 0.490. The topological polar surface area (TPSA) is 21.6 Å². The van der Waals surface area contributed by atoms with Crippen LogP contribution in [0.2, 0.25) is 0 Å². The summed E-state index contributed by atoms with van der Waals surface area (Å²) in [5.41, 5.74) is 0. The molecule has 0 aliphatic carbocycles. The van der Waals surface area contributed by atoms with E-state index < -0.39 is 12.4 Å². The highest BCUT2D eigenvalue weighted by atomic mass is 19.4. The van der Waals surface area contributed by atoms with Crippen molar-refractivity contribution in [2.75, 3.05) is 6.61 Å². The molecule has 5 heteroatoms. The smallest absolute Gasteiger partial charge is 0.343 e. The Balaban J connectivity index is 2.53. The molecule has 0 aromatic heterocycles. The fourth-order valence-corrected chi connectivity index (χ4v) is 0.495. The molecule has 2 nitrogen and oxygen atoms in total. The van der Waals surface area contributed by atoms with Crippen molar-refractivity contribution in [3.8, 4) is 0 Å². The van der Waals surface area contributed by atoms with E-state index in [0.29, 0.717) is 0 Å². The van der Waals surface area contributed by atoms with Gasteiger partial charge in [-0.15, -0.1) is 0 Å². The van der Waals surface area contributed by atoms with Gasteiger partial charge >= 0.3 is 6.18 Å². The zero-order valence-corrected chi connectivity index (χ0v) is 4.35. The van der Waals surface area contributed by atoms with E-state index >= 15 is 0 Å². The Morgan fingerprint density at radius 2 is 2.22 bits per heavy atom. The summed E-state index contributed by atoms with van der Waals surface area (Å²) in [6.45, 7) is -0.0375. The van der Waals surface area contributed by atoms with Crippen molar-refractivity contribution >= 4 is 6.21 Å². The average molecular weight is 139 g/mol. The van der Waals surface area contributed by atoms with E-state index in [4.69, 9.17) is 0 Å². The molecule has 52 valence electrons. The molecule has 9 heavy (non-hydrogen) atoms. The standard InChI is InChI=1S/C4H4F3NO/c5-4(6,7)3-8-1-2-9-3/h1,3H,2H2. The van der Waals surface area contributed by atoms with Crippen LogP contribution in [-0.4, -0.2) is 25.2 Å². The Kier molecular flexibility index (Phi) is 1.44. The van der Waals surface area contributed by atoms with E-state index in [0.717, 1.165) is 6.21 Å². The maximum Gasteiger partial charge on any atom is 0.435 e. The second-order valence-corrected chi connectivity index (χ2v) is 1.56. The molecule has 0 bridgehead atoms.